The molecule has 2 aromatic carbocycles. The highest BCUT2D eigenvalue weighted by Gasteiger charge is 2.23. The minimum absolute atomic E-state index is 0.0954. The molecule has 0 saturated carbocycles. The molecule has 2 N–H and O–H groups in total. The quantitative estimate of drug-likeness (QED) is 0.670. The first kappa shape index (κ1) is 11.6. The van der Waals surface area contributed by atoms with Gasteiger partial charge in [0, 0.05) is 9.79 Å². The van der Waals surface area contributed by atoms with Crippen LogP contribution in [-0.4, -0.2) is 13.0 Å². The van der Waals surface area contributed by atoms with Crippen molar-refractivity contribution >= 4 is 33.3 Å². The van der Waals surface area contributed by atoms with Crippen LogP contribution in [0, 0.1) is 0 Å². The minimum atomic E-state index is -4.22. The van der Waals surface area contributed by atoms with Crippen molar-refractivity contribution in [3.63, 3.8) is 0 Å². The second kappa shape index (κ2) is 4.01. The molecule has 2 aromatic rings. The average Bonchev–Trinajstić information content (AvgIpc) is 2.34. The maximum absolute atomic E-state index is 11.3. The highest BCUT2D eigenvalue weighted by Crippen LogP contribution is 2.46. The molecule has 0 aromatic heterocycles. The predicted octanol–water partition coefficient (Wildman–Crippen LogP) is 3.14. The Balaban J connectivity index is 2.20. The summed E-state index contributed by atoms with van der Waals surface area (Å²) in [6.07, 6.45) is 0. The van der Waals surface area contributed by atoms with Gasteiger partial charge in [-0.05, 0) is 24.3 Å². The molecular weight excluding hydrogens is 270 g/mol. The molecule has 6 heteroatoms. The molecule has 0 saturated heterocycles. The fraction of sp³-hybridized carbons (Fsp3) is 0. The van der Waals surface area contributed by atoms with Crippen LogP contribution in [0.1, 0.15) is 0 Å². The third-order valence-electron chi connectivity index (χ3n) is 2.63. The first-order valence-corrected chi connectivity index (χ1v) is 7.46. The smallest absolute Gasteiger partial charge is 0.296 e. The van der Waals surface area contributed by atoms with Gasteiger partial charge in [0.2, 0.25) is 0 Å². The molecule has 1 aliphatic heterocycles. The summed E-state index contributed by atoms with van der Waals surface area (Å²) in [5, 5.41) is 3.06. The lowest BCUT2D eigenvalue weighted by atomic mass is 10.2. The zero-order valence-electron chi connectivity index (χ0n) is 9.12. The van der Waals surface area contributed by atoms with E-state index in [4.69, 9.17) is 0 Å². The second-order valence-electron chi connectivity index (χ2n) is 3.83. The second-order valence-corrected chi connectivity index (χ2v) is 6.30. The monoisotopic (exact) mass is 279 g/mol. The maximum Gasteiger partial charge on any atom is 0.296 e. The molecule has 0 aliphatic carbocycles. The van der Waals surface area contributed by atoms with Gasteiger partial charge in [0.1, 0.15) is 4.90 Å². The first-order valence-electron chi connectivity index (χ1n) is 5.20. The van der Waals surface area contributed by atoms with Crippen LogP contribution in [0.2, 0.25) is 0 Å². The van der Waals surface area contributed by atoms with E-state index >= 15 is 0 Å². The Kier molecular flexibility index (Phi) is 2.58. The molecule has 0 unspecified atom stereocenters. The lowest BCUT2D eigenvalue weighted by molar-refractivity contribution is 0.483. The maximum atomic E-state index is 11.3. The minimum Gasteiger partial charge on any atom is -0.353 e. The van der Waals surface area contributed by atoms with Crippen molar-refractivity contribution in [3.05, 3.63) is 42.5 Å². The summed E-state index contributed by atoms with van der Waals surface area (Å²) in [7, 11) is -4.22. The lowest BCUT2D eigenvalue weighted by Crippen LogP contribution is -2.07. The van der Waals surface area contributed by atoms with Crippen LogP contribution in [0.15, 0.2) is 57.2 Å². The molecule has 92 valence electrons. The average molecular weight is 279 g/mol. The van der Waals surface area contributed by atoms with Crippen LogP contribution in [0.5, 0.6) is 0 Å². The predicted molar refractivity (Wildman–Crippen MR) is 70.1 cm³/mol. The summed E-state index contributed by atoms with van der Waals surface area (Å²) >= 11 is 1.47. The largest absolute Gasteiger partial charge is 0.353 e. The van der Waals surface area contributed by atoms with E-state index in [0.29, 0.717) is 5.69 Å². The van der Waals surface area contributed by atoms with Gasteiger partial charge in [-0.15, -0.1) is 0 Å². The van der Waals surface area contributed by atoms with Crippen LogP contribution in [0.3, 0.4) is 0 Å². The Labute approximate surface area is 109 Å². The number of anilines is 2. The van der Waals surface area contributed by atoms with E-state index in [-0.39, 0.29) is 4.90 Å². The molecule has 3 rings (SSSR count). The molecule has 0 fully saturated rings. The van der Waals surface area contributed by atoms with Crippen LogP contribution >= 0.6 is 11.8 Å². The van der Waals surface area contributed by atoms with Crippen LogP contribution in [0.25, 0.3) is 0 Å². The summed E-state index contributed by atoms with van der Waals surface area (Å²) in [5.41, 5.74) is 1.27. The van der Waals surface area contributed by atoms with Crippen molar-refractivity contribution in [3.8, 4) is 0 Å². The third-order valence-corrected chi connectivity index (χ3v) is 4.66. The fourth-order valence-electron chi connectivity index (χ4n) is 1.85. The number of rotatable bonds is 1. The van der Waals surface area contributed by atoms with E-state index in [9.17, 15) is 13.0 Å². The van der Waals surface area contributed by atoms with Crippen molar-refractivity contribution in [1.82, 2.24) is 0 Å². The lowest BCUT2D eigenvalue weighted by Gasteiger charge is -2.22. The van der Waals surface area contributed by atoms with Gasteiger partial charge in [-0.3, -0.25) is 4.55 Å². The highest BCUT2D eigenvalue weighted by molar-refractivity contribution is 7.99. The number of hydrogen-bond acceptors (Lipinski definition) is 4. The summed E-state index contributed by atoms with van der Waals surface area (Å²) in [4.78, 5) is 1.71. The normalized spacial score (nSPS) is 13.4. The van der Waals surface area contributed by atoms with Gasteiger partial charge in [0.25, 0.3) is 10.1 Å². The van der Waals surface area contributed by atoms with Crippen molar-refractivity contribution < 1.29 is 13.0 Å². The van der Waals surface area contributed by atoms with Gasteiger partial charge >= 0.3 is 0 Å². The SMILES string of the molecule is O=S(=O)(O)c1cccc2c1Nc1ccccc1S2. The molecule has 18 heavy (non-hydrogen) atoms. The Morgan fingerprint density at radius 3 is 2.50 bits per heavy atom. The highest BCUT2D eigenvalue weighted by atomic mass is 32.2. The van der Waals surface area contributed by atoms with Gasteiger partial charge < -0.3 is 5.32 Å². The summed E-state index contributed by atoms with van der Waals surface area (Å²) in [6, 6.07) is 12.4. The summed E-state index contributed by atoms with van der Waals surface area (Å²) in [6.45, 7) is 0. The van der Waals surface area contributed by atoms with Gasteiger partial charge in [-0.2, -0.15) is 8.42 Å². The summed E-state index contributed by atoms with van der Waals surface area (Å²) < 4.78 is 31.9. The van der Waals surface area contributed by atoms with Gasteiger partial charge in [-0.1, -0.05) is 30.0 Å². The van der Waals surface area contributed by atoms with Crippen LogP contribution in [-0.2, 0) is 10.1 Å². The zero-order chi connectivity index (χ0) is 12.8. The molecule has 0 atom stereocenters. The van der Waals surface area contributed by atoms with E-state index in [1.807, 2.05) is 30.3 Å². The standard InChI is InChI=1S/C12H9NO3S2/c14-18(15,16)11-7-3-6-10-12(11)13-8-4-1-2-5-9(8)17-10/h1-7,13H,(H,14,15,16). The number of nitrogens with one attached hydrogen (secondary N) is 1. The van der Waals surface area contributed by atoms with E-state index < -0.39 is 10.1 Å². The Hall–Kier alpha value is -1.50. The van der Waals surface area contributed by atoms with Crippen molar-refractivity contribution in [1.29, 1.82) is 0 Å². The van der Waals surface area contributed by atoms with Crippen molar-refractivity contribution in [2.45, 2.75) is 14.7 Å². The van der Waals surface area contributed by atoms with Crippen molar-refractivity contribution in [2.75, 3.05) is 5.32 Å². The van der Waals surface area contributed by atoms with Crippen molar-refractivity contribution in [2.24, 2.45) is 0 Å². The van der Waals surface area contributed by atoms with E-state index in [1.54, 1.807) is 6.07 Å². The zero-order valence-corrected chi connectivity index (χ0v) is 10.8. The molecule has 1 heterocycles. The molecule has 0 bridgehead atoms. The molecule has 0 radical (unpaired) electrons. The Bertz CT molecular complexity index is 726. The fourth-order valence-corrected chi connectivity index (χ4v) is 3.60. The molecule has 4 nitrogen and oxygen atoms in total. The molecule has 0 spiro atoms. The van der Waals surface area contributed by atoms with E-state index in [1.165, 1.54) is 17.8 Å². The Morgan fingerprint density at radius 1 is 1.00 bits per heavy atom. The first-order chi connectivity index (χ1) is 8.55. The number of para-hydroxylation sites is 2. The number of fused-ring (bicyclic) bond motifs is 2. The van der Waals surface area contributed by atoms with Crippen LogP contribution < -0.4 is 5.32 Å². The Morgan fingerprint density at radius 2 is 1.72 bits per heavy atom. The molecular formula is C12H9NO3S2. The molecule has 0 amide bonds. The number of hydrogen-bond donors (Lipinski definition) is 2. The summed E-state index contributed by atoms with van der Waals surface area (Å²) in [5.74, 6) is 0. The van der Waals surface area contributed by atoms with Gasteiger partial charge in [-0.25, -0.2) is 0 Å². The van der Waals surface area contributed by atoms with Gasteiger partial charge in [0.15, 0.2) is 0 Å². The van der Waals surface area contributed by atoms with Crippen LogP contribution in [0.4, 0.5) is 11.4 Å². The number of benzene rings is 2. The van der Waals surface area contributed by atoms with E-state index in [2.05, 4.69) is 5.32 Å². The molecule has 1 aliphatic rings. The third kappa shape index (κ3) is 1.88. The van der Waals surface area contributed by atoms with E-state index in [0.717, 1.165) is 15.5 Å². The van der Waals surface area contributed by atoms with Gasteiger partial charge in [0.05, 0.1) is 11.4 Å². The topological polar surface area (TPSA) is 66.4 Å².